The van der Waals surface area contributed by atoms with Crippen LogP contribution in [-0.4, -0.2) is 36.9 Å². The number of aliphatic carboxylic acids is 1. The summed E-state index contributed by atoms with van der Waals surface area (Å²) < 4.78 is 26.2. The van der Waals surface area contributed by atoms with Crippen LogP contribution in [0.15, 0.2) is 21.7 Å². The Morgan fingerprint density at radius 2 is 2.33 bits per heavy atom. The SMILES string of the molecule is O=C(O)CCC1CCN(S(=O)(=O)c2cccs2)C1. The van der Waals surface area contributed by atoms with E-state index in [1.54, 1.807) is 17.5 Å². The van der Waals surface area contributed by atoms with E-state index in [2.05, 4.69) is 0 Å². The number of carbonyl (C=O) groups is 1. The molecule has 1 fully saturated rings. The lowest BCUT2D eigenvalue weighted by molar-refractivity contribution is -0.137. The summed E-state index contributed by atoms with van der Waals surface area (Å²) in [6, 6.07) is 3.32. The van der Waals surface area contributed by atoms with Crippen LogP contribution in [0.25, 0.3) is 0 Å². The van der Waals surface area contributed by atoms with E-state index in [1.165, 1.54) is 15.6 Å². The van der Waals surface area contributed by atoms with Gasteiger partial charge in [-0.2, -0.15) is 4.31 Å². The molecule has 2 heterocycles. The van der Waals surface area contributed by atoms with Crippen molar-refractivity contribution < 1.29 is 18.3 Å². The van der Waals surface area contributed by atoms with Crippen LogP contribution in [0.2, 0.25) is 0 Å². The average molecular weight is 289 g/mol. The summed E-state index contributed by atoms with van der Waals surface area (Å²) in [4.78, 5) is 10.5. The van der Waals surface area contributed by atoms with Gasteiger partial charge in [0, 0.05) is 19.5 Å². The van der Waals surface area contributed by atoms with Crippen LogP contribution in [0.1, 0.15) is 19.3 Å². The van der Waals surface area contributed by atoms with Gasteiger partial charge in [0.15, 0.2) is 0 Å². The molecule has 2 rings (SSSR count). The lowest BCUT2D eigenvalue weighted by atomic mass is 10.0. The molecule has 0 saturated carbocycles. The van der Waals surface area contributed by atoms with Crippen LogP contribution in [0.4, 0.5) is 0 Å². The van der Waals surface area contributed by atoms with Crippen molar-refractivity contribution in [2.45, 2.75) is 23.5 Å². The number of carboxylic acids is 1. The van der Waals surface area contributed by atoms with E-state index >= 15 is 0 Å². The third-order valence-corrected chi connectivity index (χ3v) is 6.34. The number of carboxylic acid groups (broad SMARTS) is 1. The summed E-state index contributed by atoms with van der Waals surface area (Å²) in [7, 11) is -3.36. The predicted molar refractivity (Wildman–Crippen MR) is 68.1 cm³/mol. The van der Waals surface area contributed by atoms with Crippen molar-refractivity contribution >= 4 is 27.3 Å². The van der Waals surface area contributed by atoms with E-state index in [0.717, 1.165) is 6.42 Å². The zero-order chi connectivity index (χ0) is 13.2. The smallest absolute Gasteiger partial charge is 0.303 e. The summed E-state index contributed by atoms with van der Waals surface area (Å²) >= 11 is 1.21. The molecular weight excluding hydrogens is 274 g/mol. The molecular formula is C11H15NO4S2. The zero-order valence-corrected chi connectivity index (χ0v) is 11.4. The Hall–Kier alpha value is -0.920. The van der Waals surface area contributed by atoms with Crippen LogP contribution in [0, 0.1) is 5.92 Å². The van der Waals surface area contributed by atoms with Crippen molar-refractivity contribution in [2.75, 3.05) is 13.1 Å². The fraction of sp³-hybridized carbons (Fsp3) is 0.545. The highest BCUT2D eigenvalue weighted by Crippen LogP contribution is 2.28. The van der Waals surface area contributed by atoms with Gasteiger partial charge in [-0.3, -0.25) is 4.79 Å². The maximum absolute atomic E-state index is 12.2. The van der Waals surface area contributed by atoms with Crippen LogP contribution < -0.4 is 0 Å². The van der Waals surface area contributed by atoms with Crippen molar-refractivity contribution in [1.82, 2.24) is 4.31 Å². The Bertz CT molecular complexity index is 509. The molecule has 1 saturated heterocycles. The molecule has 0 radical (unpaired) electrons. The second-order valence-electron chi connectivity index (χ2n) is 4.38. The Morgan fingerprint density at radius 3 is 2.94 bits per heavy atom. The number of rotatable bonds is 5. The first-order valence-electron chi connectivity index (χ1n) is 5.75. The van der Waals surface area contributed by atoms with E-state index in [9.17, 15) is 13.2 Å². The van der Waals surface area contributed by atoms with Gasteiger partial charge >= 0.3 is 5.97 Å². The zero-order valence-electron chi connectivity index (χ0n) is 9.78. The molecule has 1 unspecified atom stereocenters. The van der Waals surface area contributed by atoms with Crippen molar-refractivity contribution in [1.29, 1.82) is 0 Å². The summed E-state index contributed by atoms with van der Waals surface area (Å²) in [5.41, 5.74) is 0. The van der Waals surface area contributed by atoms with Crippen molar-refractivity contribution in [3.8, 4) is 0 Å². The molecule has 1 atom stereocenters. The fourth-order valence-electron chi connectivity index (χ4n) is 2.12. The highest BCUT2D eigenvalue weighted by molar-refractivity contribution is 7.91. The summed E-state index contributed by atoms with van der Waals surface area (Å²) in [6.45, 7) is 0.929. The quantitative estimate of drug-likeness (QED) is 0.894. The van der Waals surface area contributed by atoms with Gasteiger partial charge in [0.05, 0.1) is 0 Å². The van der Waals surface area contributed by atoms with Gasteiger partial charge in [0.1, 0.15) is 4.21 Å². The minimum absolute atomic E-state index is 0.109. The van der Waals surface area contributed by atoms with Gasteiger partial charge in [-0.1, -0.05) is 6.07 Å². The molecule has 1 aliphatic rings. The highest BCUT2D eigenvalue weighted by Gasteiger charge is 2.32. The summed E-state index contributed by atoms with van der Waals surface area (Å²) in [6.07, 6.45) is 1.40. The maximum Gasteiger partial charge on any atom is 0.303 e. The minimum atomic E-state index is -3.36. The van der Waals surface area contributed by atoms with Gasteiger partial charge in [0.25, 0.3) is 10.0 Å². The molecule has 1 N–H and O–H groups in total. The van der Waals surface area contributed by atoms with Crippen LogP contribution in [0.5, 0.6) is 0 Å². The van der Waals surface area contributed by atoms with Crippen molar-refractivity contribution in [2.24, 2.45) is 5.92 Å². The fourth-order valence-corrected chi connectivity index (χ4v) is 4.79. The Balaban J connectivity index is 1.99. The highest BCUT2D eigenvalue weighted by atomic mass is 32.2. The molecule has 0 aromatic carbocycles. The van der Waals surface area contributed by atoms with Crippen LogP contribution >= 0.6 is 11.3 Å². The Labute approximate surface area is 110 Å². The second-order valence-corrected chi connectivity index (χ2v) is 7.49. The van der Waals surface area contributed by atoms with E-state index in [0.29, 0.717) is 23.7 Å². The van der Waals surface area contributed by atoms with Gasteiger partial charge in [-0.15, -0.1) is 11.3 Å². The lowest BCUT2D eigenvalue weighted by Gasteiger charge is -2.15. The lowest BCUT2D eigenvalue weighted by Crippen LogP contribution is -2.28. The molecule has 18 heavy (non-hydrogen) atoms. The third-order valence-electron chi connectivity index (χ3n) is 3.10. The molecule has 0 bridgehead atoms. The van der Waals surface area contributed by atoms with Gasteiger partial charge in [0.2, 0.25) is 0 Å². The minimum Gasteiger partial charge on any atom is -0.481 e. The molecule has 0 aliphatic carbocycles. The first-order valence-corrected chi connectivity index (χ1v) is 8.07. The molecule has 0 spiro atoms. The molecule has 1 aromatic heterocycles. The molecule has 5 nitrogen and oxygen atoms in total. The topological polar surface area (TPSA) is 74.7 Å². The van der Waals surface area contributed by atoms with E-state index in [-0.39, 0.29) is 12.3 Å². The van der Waals surface area contributed by atoms with E-state index < -0.39 is 16.0 Å². The number of thiophene rings is 1. The number of sulfonamides is 1. The first-order chi connectivity index (χ1) is 8.50. The maximum atomic E-state index is 12.2. The Morgan fingerprint density at radius 1 is 1.56 bits per heavy atom. The molecule has 0 amide bonds. The second kappa shape index (κ2) is 5.38. The predicted octanol–water partition coefficient (Wildman–Crippen LogP) is 1.62. The van der Waals surface area contributed by atoms with E-state index in [4.69, 9.17) is 5.11 Å². The number of hydrogen-bond donors (Lipinski definition) is 1. The van der Waals surface area contributed by atoms with Gasteiger partial charge in [-0.05, 0) is 30.2 Å². The molecule has 1 aliphatic heterocycles. The monoisotopic (exact) mass is 289 g/mol. The molecule has 7 heteroatoms. The first kappa shape index (κ1) is 13.5. The third kappa shape index (κ3) is 2.90. The number of hydrogen-bond acceptors (Lipinski definition) is 4. The standard InChI is InChI=1S/C11H15NO4S2/c13-10(14)4-3-9-5-6-12(8-9)18(15,16)11-2-1-7-17-11/h1-2,7,9H,3-6,8H2,(H,13,14). The number of nitrogens with zero attached hydrogens (tertiary/aromatic N) is 1. The average Bonchev–Trinajstić information content (AvgIpc) is 2.98. The molecule has 100 valence electrons. The van der Waals surface area contributed by atoms with Crippen molar-refractivity contribution in [3.63, 3.8) is 0 Å². The Kier molecular flexibility index (Phi) is 4.04. The summed E-state index contributed by atoms with van der Waals surface area (Å²) in [5, 5.41) is 10.4. The van der Waals surface area contributed by atoms with E-state index in [1.807, 2.05) is 0 Å². The van der Waals surface area contributed by atoms with Gasteiger partial charge in [-0.25, -0.2) is 8.42 Å². The largest absolute Gasteiger partial charge is 0.481 e. The van der Waals surface area contributed by atoms with Crippen molar-refractivity contribution in [3.05, 3.63) is 17.5 Å². The van der Waals surface area contributed by atoms with Gasteiger partial charge < -0.3 is 5.11 Å². The van der Waals surface area contributed by atoms with Crippen LogP contribution in [-0.2, 0) is 14.8 Å². The summed E-state index contributed by atoms with van der Waals surface area (Å²) in [5.74, 6) is -0.662. The molecule has 1 aromatic rings. The van der Waals surface area contributed by atoms with Crippen LogP contribution in [0.3, 0.4) is 0 Å². The normalized spacial score (nSPS) is 21.2.